The van der Waals surface area contributed by atoms with Crippen LogP contribution in [0.2, 0.25) is 5.02 Å². The lowest BCUT2D eigenvalue weighted by atomic mass is 9.93. The van der Waals surface area contributed by atoms with Crippen LogP contribution < -0.4 is 10.6 Å². The van der Waals surface area contributed by atoms with Gasteiger partial charge in [0.05, 0.1) is 17.3 Å². The Morgan fingerprint density at radius 3 is 2.59 bits per heavy atom. The number of nitrogens with zero attached hydrogens (tertiary/aromatic N) is 4. The molecule has 0 spiro atoms. The molecule has 0 radical (unpaired) electrons. The second-order valence-corrected chi connectivity index (χ2v) is 9.47. The Kier molecular flexibility index (Phi) is 6.18. The number of halogens is 6. The lowest BCUT2D eigenvalue weighted by Crippen LogP contribution is -2.21. The van der Waals surface area contributed by atoms with Gasteiger partial charge in [0.15, 0.2) is 5.65 Å². The number of carbonyl (C=O) groups excluding carboxylic acids is 2. The Hall–Kier alpha value is -4.91. The van der Waals surface area contributed by atoms with Crippen LogP contribution in [0.25, 0.3) is 16.9 Å². The van der Waals surface area contributed by atoms with Crippen molar-refractivity contribution in [3.8, 4) is 11.3 Å². The van der Waals surface area contributed by atoms with E-state index < -0.39 is 46.8 Å². The van der Waals surface area contributed by atoms with Gasteiger partial charge in [0, 0.05) is 38.5 Å². The number of fused-ring (bicyclic) bond motifs is 2. The van der Waals surface area contributed by atoms with Crippen molar-refractivity contribution in [2.75, 3.05) is 5.32 Å². The van der Waals surface area contributed by atoms with E-state index in [0.717, 1.165) is 12.1 Å². The first-order valence-electron chi connectivity index (χ1n) is 11.8. The van der Waals surface area contributed by atoms with Crippen LogP contribution in [0.5, 0.6) is 0 Å². The van der Waals surface area contributed by atoms with E-state index in [0.29, 0.717) is 29.0 Å². The van der Waals surface area contributed by atoms with Crippen molar-refractivity contribution >= 4 is 34.7 Å². The molecule has 1 aliphatic rings. The summed E-state index contributed by atoms with van der Waals surface area (Å²) >= 11 is 6.31. The zero-order chi connectivity index (χ0) is 29.1. The minimum atomic E-state index is -4.90. The third-order valence-electron chi connectivity index (χ3n) is 6.44. The van der Waals surface area contributed by atoms with Crippen LogP contribution in [-0.2, 0) is 6.18 Å². The average Bonchev–Trinajstić information content (AvgIpc) is 3.53. The molecular formula is C27H14ClF5N6O2. The van der Waals surface area contributed by atoms with E-state index in [2.05, 4.69) is 25.8 Å². The number of amides is 2. The number of aromatic nitrogens is 4. The van der Waals surface area contributed by atoms with Gasteiger partial charge < -0.3 is 10.6 Å². The van der Waals surface area contributed by atoms with Crippen molar-refractivity contribution < 1.29 is 31.5 Å². The molecule has 5 aromatic rings. The molecule has 0 unspecified atom stereocenters. The van der Waals surface area contributed by atoms with E-state index in [1.165, 1.54) is 29.2 Å². The molecule has 6 rings (SSSR count). The van der Waals surface area contributed by atoms with Crippen LogP contribution in [0.1, 0.15) is 43.4 Å². The molecule has 2 amide bonds. The first-order chi connectivity index (χ1) is 19.5. The molecule has 3 aromatic carbocycles. The van der Waals surface area contributed by atoms with Crippen LogP contribution >= 0.6 is 11.6 Å². The Morgan fingerprint density at radius 1 is 1.00 bits per heavy atom. The minimum absolute atomic E-state index is 0.0236. The first-order valence-corrected chi connectivity index (χ1v) is 12.2. The predicted molar refractivity (Wildman–Crippen MR) is 136 cm³/mol. The van der Waals surface area contributed by atoms with E-state index in [9.17, 15) is 31.5 Å². The highest BCUT2D eigenvalue weighted by atomic mass is 35.5. The molecule has 2 aromatic heterocycles. The van der Waals surface area contributed by atoms with Gasteiger partial charge in [-0.25, -0.2) is 13.8 Å². The van der Waals surface area contributed by atoms with E-state index >= 15 is 0 Å². The summed E-state index contributed by atoms with van der Waals surface area (Å²) < 4.78 is 69.4. The van der Waals surface area contributed by atoms with E-state index in [1.54, 1.807) is 12.1 Å². The fraction of sp³-hybridized carbons (Fsp3) is 0.0741. The van der Waals surface area contributed by atoms with Crippen LogP contribution in [-0.4, -0.2) is 31.6 Å². The minimum Gasteiger partial charge on any atom is -0.341 e. The summed E-state index contributed by atoms with van der Waals surface area (Å²) in [7, 11) is 0. The summed E-state index contributed by atoms with van der Waals surface area (Å²) in [6.07, 6.45) is -3.62. The predicted octanol–water partition coefficient (Wildman–Crippen LogP) is 5.83. The number of benzene rings is 3. The molecule has 206 valence electrons. The molecule has 0 saturated carbocycles. The van der Waals surface area contributed by atoms with Crippen molar-refractivity contribution in [3.63, 3.8) is 0 Å². The number of alkyl halides is 3. The van der Waals surface area contributed by atoms with Crippen molar-refractivity contribution in [2.45, 2.75) is 12.2 Å². The van der Waals surface area contributed by atoms with Gasteiger partial charge >= 0.3 is 6.18 Å². The van der Waals surface area contributed by atoms with E-state index in [-0.39, 0.29) is 33.5 Å². The van der Waals surface area contributed by atoms with Crippen LogP contribution in [0.15, 0.2) is 67.0 Å². The molecule has 3 heterocycles. The van der Waals surface area contributed by atoms with Crippen LogP contribution in [0.4, 0.5) is 27.6 Å². The molecular weight excluding hydrogens is 571 g/mol. The fourth-order valence-electron chi connectivity index (χ4n) is 4.61. The second kappa shape index (κ2) is 9.63. The summed E-state index contributed by atoms with van der Waals surface area (Å²) in [5.41, 5.74) is -0.496. The summed E-state index contributed by atoms with van der Waals surface area (Å²) in [5.74, 6) is -3.58. The molecule has 1 aliphatic heterocycles. The van der Waals surface area contributed by atoms with E-state index in [1.807, 2.05) is 0 Å². The lowest BCUT2D eigenvalue weighted by molar-refractivity contribution is -0.137. The van der Waals surface area contributed by atoms with Gasteiger partial charge in [0.25, 0.3) is 11.8 Å². The third-order valence-corrected chi connectivity index (χ3v) is 6.78. The van der Waals surface area contributed by atoms with Gasteiger partial charge in [-0.05, 0) is 60.7 Å². The fourth-order valence-corrected chi connectivity index (χ4v) is 4.83. The number of hydrogen-bond acceptors (Lipinski definition) is 5. The summed E-state index contributed by atoms with van der Waals surface area (Å²) in [6, 6.07) is 10.1. The number of anilines is 1. The number of rotatable bonds is 4. The van der Waals surface area contributed by atoms with Gasteiger partial charge in [-0.1, -0.05) is 11.6 Å². The van der Waals surface area contributed by atoms with Crippen LogP contribution in [0, 0.1) is 11.6 Å². The summed E-state index contributed by atoms with van der Waals surface area (Å²) in [4.78, 5) is 30.3. The number of carbonyl (C=O) groups is 2. The normalized spacial score (nSPS) is 14.7. The maximum atomic E-state index is 14.2. The highest BCUT2D eigenvalue weighted by Gasteiger charge is 2.36. The topological polar surface area (TPSA) is 101 Å². The van der Waals surface area contributed by atoms with Gasteiger partial charge in [-0.3, -0.25) is 9.59 Å². The largest absolute Gasteiger partial charge is 0.416 e. The highest BCUT2D eigenvalue weighted by Crippen LogP contribution is 2.42. The Labute approximate surface area is 231 Å². The standard InChI is InChI=1S/C27H14ClF5N6O2/c28-19-2-1-15(29)10-17(19)24-23-18(26(41)37-24)7-12(20-3-4-22-34-11-35-39(22)38-20)8-21(23)36-25(40)13-5-14(27(31,32)33)9-16(30)6-13/h1-11,24H,(H,36,40)(H,37,41)/t24-/m0/s1. The van der Waals surface area contributed by atoms with Gasteiger partial charge in [0.1, 0.15) is 18.0 Å². The van der Waals surface area contributed by atoms with Crippen molar-refractivity contribution in [3.05, 3.63) is 111 Å². The zero-order valence-corrected chi connectivity index (χ0v) is 21.1. The smallest absolute Gasteiger partial charge is 0.341 e. The Bertz CT molecular complexity index is 1890. The van der Waals surface area contributed by atoms with Crippen molar-refractivity contribution in [1.29, 1.82) is 0 Å². The molecule has 1 atom stereocenters. The van der Waals surface area contributed by atoms with Gasteiger partial charge in [-0.15, -0.1) is 14.8 Å². The number of nitrogens with one attached hydrogen (secondary N) is 2. The maximum Gasteiger partial charge on any atom is 0.416 e. The molecule has 14 heteroatoms. The first kappa shape index (κ1) is 26.3. The van der Waals surface area contributed by atoms with Gasteiger partial charge in [-0.2, -0.15) is 13.2 Å². The monoisotopic (exact) mass is 584 g/mol. The Morgan fingerprint density at radius 2 is 1.80 bits per heavy atom. The Balaban J connectivity index is 1.51. The highest BCUT2D eigenvalue weighted by molar-refractivity contribution is 6.31. The summed E-state index contributed by atoms with van der Waals surface area (Å²) in [6.45, 7) is 0. The molecule has 8 nitrogen and oxygen atoms in total. The molecule has 0 aliphatic carbocycles. The molecule has 0 bridgehead atoms. The van der Waals surface area contributed by atoms with Crippen molar-refractivity contribution in [2.24, 2.45) is 0 Å². The third kappa shape index (κ3) is 4.84. The quantitative estimate of drug-likeness (QED) is 0.259. The number of hydrogen-bond donors (Lipinski definition) is 2. The molecule has 2 N–H and O–H groups in total. The molecule has 0 saturated heterocycles. The van der Waals surface area contributed by atoms with E-state index in [4.69, 9.17) is 11.6 Å². The zero-order valence-electron chi connectivity index (χ0n) is 20.3. The van der Waals surface area contributed by atoms with Gasteiger partial charge in [0.2, 0.25) is 0 Å². The van der Waals surface area contributed by atoms with Crippen LogP contribution in [0.3, 0.4) is 0 Å². The van der Waals surface area contributed by atoms with Crippen molar-refractivity contribution in [1.82, 2.24) is 25.1 Å². The maximum absolute atomic E-state index is 14.2. The molecule has 0 fully saturated rings. The SMILES string of the molecule is O=C(Nc1cc(-c2ccc3ncnn3n2)cc2c1[C@H](c1cc(F)ccc1Cl)NC2=O)c1cc(F)cc(C(F)(F)F)c1. The molecule has 41 heavy (non-hydrogen) atoms. The second-order valence-electron chi connectivity index (χ2n) is 9.06. The summed E-state index contributed by atoms with van der Waals surface area (Å²) in [5, 5.41) is 13.6. The average molecular weight is 585 g/mol. The lowest BCUT2D eigenvalue weighted by Gasteiger charge is -2.19.